The molecular weight excluding hydrogens is 340 g/mol. The summed E-state index contributed by atoms with van der Waals surface area (Å²) < 4.78 is 0. The lowest BCUT2D eigenvalue weighted by molar-refractivity contribution is -0.147. The van der Waals surface area contributed by atoms with E-state index in [1.165, 1.54) is 49.8 Å². The maximum Gasteiger partial charge on any atom is 0.0494 e. The zero-order valence-electron chi connectivity index (χ0n) is 13.5. The van der Waals surface area contributed by atoms with Crippen molar-refractivity contribution in [3.63, 3.8) is 0 Å². The SMILES string of the molecule is Cc1ccc(C(Br)CC23CC4CC(C)(CC(C)(C4)C2)C3)s1. The van der Waals surface area contributed by atoms with Gasteiger partial charge in [0.2, 0.25) is 0 Å². The van der Waals surface area contributed by atoms with E-state index in [0.717, 1.165) is 5.92 Å². The van der Waals surface area contributed by atoms with Gasteiger partial charge in [-0.1, -0.05) is 29.8 Å². The molecule has 4 aliphatic carbocycles. The van der Waals surface area contributed by atoms with Crippen LogP contribution in [0.25, 0.3) is 0 Å². The zero-order valence-corrected chi connectivity index (χ0v) is 15.9. The molecule has 1 aromatic heterocycles. The van der Waals surface area contributed by atoms with Gasteiger partial charge in [0.05, 0.1) is 0 Å². The Morgan fingerprint density at radius 2 is 1.81 bits per heavy atom. The fourth-order valence-electron chi connectivity index (χ4n) is 7.01. The van der Waals surface area contributed by atoms with Crippen molar-refractivity contribution in [2.24, 2.45) is 22.2 Å². The lowest BCUT2D eigenvalue weighted by atomic mass is 9.40. The highest BCUT2D eigenvalue weighted by atomic mass is 79.9. The van der Waals surface area contributed by atoms with Crippen molar-refractivity contribution >= 4 is 27.3 Å². The second kappa shape index (κ2) is 4.60. The van der Waals surface area contributed by atoms with Crippen LogP contribution in [0.2, 0.25) is 0 Å². The molecule has 0 amide bonds. The summed E-state index contributed by atoms with van der Waals surface area (Å²) in [5.74, 6) is 1.01. The molecule has 1 aromatic rings. The number of hydrogen-bond acceptors (Lipinski definition) is 1. The van der Waals surface area contributed by atoms with Crippen molar-refractivity contribution in [3.05, 3.63) is 21.9 Å². The Morgan fingerprint density at radius 3 is 2.33 bits per heavy atom. The van der Waals surface area contributed by atoms with E-state index in [4.69, 9.17) is 0 Å². The van der Waals surface area contributed by atoms with Gasteiger partial charge in [0.15, 0.2) is 0 Å². The second-order valence-electron chi connectivity index (χ2n) is 9.25. The summed E-state index contributed by atoms with van der Waals surface area (Å²) >= 11 is 6.01. The van der Waals surface area contributed by atoms with Gasteiger partial charge in [0, 0.05) is 14.6 Å². The molecule has 4 saturated carbocycles. The van der Waals surface area contributed by atoms with Crippen LogP contribution in [0.3, 0.4) is 0 Å². The van der Waals surface area contributed by atoms with Crippen molar-refractivity contribution in [1.29, 1.82) is 0 Å². The van der Waals surface area contributed by atoms with E-state index >= 15 is 0 Å². The minimum Gasteiger partial charge on any atom is -0.145 e. The van der Waals surface area contributed by atoms with Crippen LogP contribution in [0.4, 0.5) is 0 Å². The van der Waals surface area contributed by atoms with Crippen LogP contribution in [-0.4, -0.2) is 0 Å². The first-order chi connectivity index (χ1) is 9.79. The summed E-state index contributed by atoms with van der Waals surface area (Å²) in [6, 6.07) is 4.61. The van der Waals surface area contributed by atoms with Crippen LogP contribution in [0.5, 0.6) is 0 Å². The molecule has 0 N–H and O–H groups in total. The fraction of sp³-hybridized carbons (Fsp3) is 0.789. The van der Waals surface area contributed by atoms with Crippen molar-refractivity contribution < 1.29 is 0 Å². The summed E-state index contributed by atoms with van der Waals surface area (Å²) in [5.41, 5.74) is 1.91. The zero-order chi connectivity index (χ0) is 14.9. The molecule has 3 atom stereocenters. The molecule has 0 aliphatic heterocycles. The van der Waals surface area contributed by atoms with E-state index in [1.54, 1.807) is 4.88 Å². The third-order valence-electron chi connectivity index (χ3n) is 6.42. The maximum atomic E-state index is 4.04. The van der Waals surface area contributed by atoms with Crippen molar-refractivity contribution in [3.8, 4) is 0 Å². The number of aryl methyl sites for hydroxylation is 1. The Hall–Kier alpha value is 0.180. The largest absolute Gasteiger partial charge is 0.145 e. The average molecular weight is 367 g/mol. The number of thiophene rings is 1. The molecular formula is C19H27BrS. The molecule has 0 saturated heterocycles. The highest BCUT2D eigenvalue weighted by molar-refractivity contribution is 9.09. The Morgan fingerprint density at radius 1 is 1.14 bits per heavy atom. The van der Waals surface area contributed by atoms with Gasteiger partial charge in [-0.15, -0.1) is 11.3 Å². The number of alkyl halides is 1. The molecule has 3 unspecified atom stereocenters. The molecule has 0 spiro atoms. The highest BCUT2D eigenvalue weighted by Gasteiger charge is 2.60. The Labute approximate surface area is 141 Å². The molecule has 0 nitrogen and oxygen atoms in total. The molecule has 0 aromatic carbocycles. The van der Waals surface area contributed by atoms with Gasteiger partial charge < -0.3 is 0 Å². The summed E-state index contributed by atoms with van der Waals surface area (Å²) in [4.78, 5) is 3.55. The standard InChI is InChI=1S/C19H27BrS/c1-13-4-5-16(21-13)15(20)9-19-8-14-6-17(2,11-19)10-18(3,7-14)12-19/h4-5,14-15H,6-12H2,1-3H3. The molecule has 116 valence electrons. The topological polar surface area (TPSA) is 0 Å². The second-order valence-corrected chi connectivity index (χ2v) is 11.7. The number of rotatable bonds is 3. The van der Waals surface area contributed by atoms with Crippen molar-refractivity contribution in [1.82, 2.24) is 0 Å². The first-order valence-electron chi connectivity index (χ1n) is 8.49. The minimum absolute atomic E-state index is 0.569. The van der Waals surface area contributed by atoms with Crippen LogP contribution >= 0.6 is 27.3 Å². The summed E-state index contributed by atoms with van der Waals surface area (Å²) in [7, 11) is 0. The van der Waals surface area contributed by atoms with Crippen LogP contribution in [0.1, 0.15) is 73.4 Å². The molecule has 0 radical (unpaired) electrons. The maximum absolute atomic E-state index is 4.04. The molecule has 21 heavy (non-hydrogen) atoms. The molecule has 1 heterocycles. The Kier molecular flexibility index (Phi) is 3.23. The molecule has 4 bridgehead atoms. The van der Waals surface area contributed by atoms with Gasteiger partial charge in [-0.3, -0.25) is 0 Å². The summed E-state index contributed by atoms with van der Waals surface area (Å²) in [6.07, 6.45) is 10.3. The smallest absolute Gasteiger partial charge is 0.0494 e. The van der Waals surface area contributed by atoms with E-state index in [1.807, 2.05) is 11.3 Å². The van der Waals surface area contributed by atoms with Crippen LogP contribution in [0, 0.1) is 29.1 Å². The number of hydrogen-bond donors (Lipinski definition) is 0. The third-order valence-corrected chi connectivity index (χ3v) is 8.66. The van der Waals surface area contributed by atoms with E-state index in [9.17, 15) is 0 Å². The predicted octanol–water partition coefficient (Wildman–Crippen LogP) is 6.88. The van der Waals surface area contributed by atoms with Crippen LogP contribution < -0.4 is 0 Å². The average Bonchev–Trinajstić information content (AvgIpc) is 2.70. The molecule has 5 rings (SSSR count). The van der Waals surface area contributed by atoms with Gasteiger partial charge in [-0.2, -0.15) is 0 Å². The minimum atomic E-state index is 0.569. The Bertz CT molecular complexity index is 542. The van der Waals surface area contributed by atoms with E-state index in [0.29, 0.717) is 21.1 Å². The van der Waals surface area contributed by atoms with Gasteiger partial charge in [0.25, 0.3) is 0 Å². The first-order valence-corrected chi connectivity index (χ1v) is 10.2. The van der Waals surface area contributed by atoms with E-state index in [2.05, 4.69) is 48.8 Å². The molecule has 2 heteroatoms. The molecule has 4 aliphatic rings. The van der Waals surface area contributed by atoms with Gasteiger partial charge in [-0.25, -0.2) is 0 Å². The van der Waals surface area contributed by atoms with Crippen LogP contribution in [0.15, 0.2) is 12.1 Å². The van der Waals surface area contributed by atoms with Crippen molar-refractivity contribution in [2.45, 2.75) is 70.5 Å². The highest BCUT2D eigenvalue weighted by Crippen LogP contribution is 2.71. The van der Waals surface area contributed by atoms with Crippen LogP contribution in [-0.2, 0) is 0 Å². The van der Waals surface area contributed by atoms with Crippen molar-refractivity contribution in [2.75, 3.05) is 0 Å². The number of halogens is 1. The van der Waals surface area contributed by atoms with E-state index < -0.39 is 0 Å². The quantitative estimate of drug-likeness (QED) is 0.511. The normalized spacial score (nSPS) is 46.0. The van der Waals surface area contributed by atoms with E-state index in [-0.39, 0.29) is 0 Å². The lowest BCUT2D eigenvalue weighted by Gasteiger charge is -2.66. The van der Waals surface area contributed by atoms with Gasteiger partial charge in [-0.05, 0) is 86.2 Å². The van der Waals surface area contributed by atoms with Gasteiger partial charge >= 0.3 is 0 Å². The lowest BCUT2D eigenvalue weighted by Crippen LogP contribution is -2.55. The summed E-state index contributed by atoms with van der Waals surface area (Å²) in [5, 5.41) is 0. The monoisotopic (exact) mass is 366 g/mol. The third kappa shape index (κ3) is 2.55. The fourth-order valence-corrected chi connectivity index (χ4v) is 8.99. The summed E-state index contributed by atoms with van der Waals surface area (Å²) in [6.45, 7) is 7.40. The van der Waals surface area contributed by atoms with Gasteiger partial charge in [0.1, 0.15) is 0 Å². The molecule has 4 fully saturated rings. The first kappa shape index (κ1) is 14.8. The Balaban J connectivity index is 1.59. The predicted molar refractivity (Wildman–Crippen MR) is 95.2 cm³/mol.